The van der Waals surface area contributed by atoms with Gasteiger partial charge in [0.05, 0.1) is 41.0 Å². The van der Waals surface area contributed by atoms with E-state index < -0.39 is 0 Å². The molecule has 0 spiro atoms. The molecule has 5 unspecified atom stereocenters. The van der Waals surface area contributed by atoms with Crippen LogP contribution in [0.25, 0.3) is 5.57 Å². The Kier molecular flexibility index (Phi) is 15.8. The molecule has 1 aromatic heterocycles. The van der Waals surface area contributed by atoms with E-state index in [1.807, 2.05) is 12.4 Å². The number of pyridine rings is 1. The minimum atomic E-state index is -0.320. The van der Waals surface area contributed by atoms with Gasteiger partial charge >= 0.3 is 5.97 Å². The van der Waals surface area contributed by atoms with Crippen LogP contribution >= 0.6 is 0 Å². The Labute approximate surface area is 293 Å². The summed E-state index contributed by atoms with van der Waals surface area (Å²) in [5.74, 6) is 2.56. The van der Waals surface area contributed by atoms with Crippen LogP contribution in [0.4, 0.5) is 0 Å². The van der Waals surface area contributed by atoms with Gasteiger partial charge in [0.2, 0.25) is 0 Å². The number of hydrogen-bond acceptors (Lipinski definition) is 6. The Morgan fingerprint density at radius 2 is 1.73 bits per heavy atom. The number of aliphatic hydroxyl groups excluding tert-OH is 1. The maximum atomic E-state index is 12.1. The molecule has 1 heterocycles. The number of nitrogens with zero attached hydrogens (tertiary/aromatic N) is 2. The van der Waals surface area contributed by atoms with Crippen LogP contribution in [0.5, 0.6) is 0 Å². The number of rotatable bonds is 12. The largest absolute Gasteiger partial charge is 0.460 e. The molecule has 2 fully saturated rings. The highest BCUT2D eigenvalue weighted by molar-refractivity contribution is 5.72. The number of aliphatic hydroxyl groups is 1. The second-order valence-corrected chi connectivity index (χ2v) is 16.5. The smallest absolute Gasteiger partial charge is 0.332 e. The highest BCUT2D eigenvalue weighted by Crippen LogP contribution is 2.66. The summed E-state index contributed by atoms with van der Waals surface area (Å²) in [6.07, 6.45) is 19.0. The van der Waals surface area contributed by atoms with Crippen molar-refractivity contribution >= 4 is 11.5 Å². The van der Waals surface area contributed by atoms with Crippen molar-refractivity contribution in [2.75, 3.05) is 60.7 Å². The maximum absolute atomic E-state index is 12.1. The molecule has 4 aliphatic carbocycles. The second-order valence-electron chi connectivity index (χ2n) is 16.5. The van der Waals surface area contributed by atoms with E-state index in [-0.39, 0.29) is 42.7 Å². The van der Waals surface area contributed by atoms with Crippen LogP contribution in [-0.2, 0) is 19.0 Å². The molecule has 0 amide bonds. The molecule has 0 radical (unpaired) electrons. The summed E-state index contributed by atoms with van der Waals surface area (Å²) >= 11 is 0. The van der Waals surface area contributed by atoms with Crippen molar-refractivity contribution in [2.45, 2.75) is 105 Å². The van der Waals surface area contributed by atoms with Crippen LogP contribution in [0.2, 0.25) is 0 Å². The Balaban J connectivity index is 0.000000352. The number of hydrogen-bond donors (Lipinski definition) is 1. The molecule has 48 heavy (non-hydrogen) atoms. The summed E-state index contributed by atoms with van der Waals surface area (Å²) in [5.41, 5.74) is 4.78. The number of carbonyl (C=O) groups is 1. The zero-order chi connectivity index (χ0) is 35.4. The van der Waals surface area contributed by atoms with Crippen molar-refractivity contribution in [3.63, 3.8) is 0 Å². The zero-order valence-corrected chi connectivity index (χ0v) is 31.9. The quantitative estimate of drug-likeness (QED) is 0.105. The fourth-order valence-corrected chi connectivity index (χ4v) is 8.46. The van der Waals surface area contributed by atoms with E-state index in [1.54, 1.807) is 0 Å². The number of quaternary nitrogens is 1. The summed E-state index contributed by atoms with van der Waals surface area (Å²) in [6, 6.07) is 4.27. The summed E-state index contributed by atoms with van der Waals surface area (Å²) in [4.78, 5) is 16.5. The number of ether oxygens (including phenoxy) is 3. The van der Waals surface area contributed by atoms with Crippen molar-refractivity contribution in [3.8, 4) is 0 Å². The fourth-order valence-electron chi connectivity index (χ4n) is 8.46. The molecule has 4 aliphatic rings. The number of aromatic nitrogens is 1. The first-order chi connectivity index (χ1) is 22.8. The van der Waals surface area contributed by atoms with Crippen LogP contribution in [-0.4, -0.2) is 87.4 Å². The van der Waals surface area contributed by atoms with Crippen LogP contribution in [0.3, 0.4) is 0 Å². The van der Waals surface area contributed by atoms with Crippen LogP contribution in [0, 0.1) is 34.5 Å². The predicted octanol–water partition coefficient (Wildman–Crippen LogP) is 8.13. The summed E-state index contributed by atoms with van der Waals surface area (Å²) in [7, 11) is 6.56. The lowest BCUT2D eigenvalue weighted by Gasteiger charge is -2.57. The molecule has 1 N–H and O–H groups in total. The average molecular weight is 670 g/mol. The molecule has 7 nitrogen and oxygen atoms in total. The highest BCUT2D eigenvalue weighted by atomic mass is 16.6. The van der Waals surface area contributed by atoms with Crippen molar-refractivity contribution in [2.24, 2.45) is 34.5 Å². The van der Waals surface area contributed by atoms with Gasteiger partial charge in [0.15, 0.2) is 0 Å². The van der Waals surface area contributed by atoms with E-state index >= 15 is 0 Å². The lowest BCUT2D eigenvalue weighted by molar-refractivity contribution is -0.870. The van der Waals surface area contributed by atoms with Crippen molar-refractivity contribution < 1.29 is 28.6 Å². The van der Waals surface area contributed by atoms with E-state index in [1.165, 1.54) is 48.8 Å². The molecule has 7 heteroatoms. The van der Waals surface area contributed by atoms with Gasteiger partial charge in [-0.05, 0) is 96.7 Å². The Morgan fingerprint density at radius 1 is 1.00 bits per heavy atom. The third kappa shape index (κ3) is 11.0. The van der Waals surface area contributed by atoms with Crippen LogP contribution < -0.4 is 0 Å². The molecule has 6 atom stereocenters. The van der Waals surface area contributed by atoms with Crippen LogP contribution in [0.1, 0.15) is 105 Å². The van der Waals surface area contributed by atoms with Crippen molar-refractivity contribution in [3.05, 3.63) is 47.8 Å². The lowest BCUT2D eigenvalue weighted by atomic mass is 9.47. The van der Waals surface area contributed by atoms with Crippen molar-refractivity contribution in [1.29, 1.82) is 0 Å². The standard InChI is InChI=1S/C28H37NO4.C10H24NO.C3H8/c1-27-11-9-21(33-26(31)18-32-15-14-30)16-20(27)5-6-22-24-8-7-23(19-4-3-13-29-17-19)28(24,2)12-10-25(22)27;1-10(2)6-8-12-9-7-11(3,4)5;1-3-2/h3-5,7,13,17,21-22,24-25,30H,6,8-12,14-16,18H2,1-2H3;10H,6-9H2,1-5H3;3H2,1-2H3/q;+1;/t21-,22?,24?,25?,27?,28?;;/m0../s1. The molecule has 1 aromatic rings. The van der Waals surface area contributed by atoms with Gasteiger partial charge in [-0.1, -0.05) is 71.8 Å². The van der Waals surface area contributed by atoms with Crippen LogP contribution in [0.15, 0.2) is 42.3 Å². The SMILES string of the molecule is CC(C)CCOCC[N+](C)(C)C.CC12CC[C@H](OC(=O)COCCO)CC1=CCC1C2CCC2(C)C(c3cccnc3)=CCC12.CCC. The number of allylic oxidation sites excluding steroid dienone is 3. The van der Waals surface area contributed by atoms with Gasteiger partial charge < -0.3 is 23.8 Å². The molecule has 0 saturated heterocycles. The molecule has 0 aromatic carbocycles. The Bertz CT molecular complexity index is 1180. The van der Waals surface area contributed by atoms with Gasteiger partial charge in [-0.3, -0.25) is 4.98 Å². The molecular formula is C41H69N2O5+. The molecule has 2 saturated carbocycles. The van der Waals surface area contributed by atoms with Gasteiger partial charge in [-0.25, -0.2) is 4.79 Å². The maximum Gasteiger partial charge on any atom is 0.332 e. The van der Waals surface area contributed by atoms with E-state index in [0.29, 0.717) is 17.8 Å². The minimum absolute atomic E-state index is 0.0507. The molecule has 5 rings (SSSR count). The second kappa shape index (κ2) is 18.8. The zero-order valence-electron chi connectivity index (χ0n) is 31.9. The topological polar surface area (TPSA) is 77.9 Å². The summed E-state index contributed by atoms with van der Waals surface area (Å²) < 4.78 is 17.3. The fraction of sp³-hybridized carbons (Fsp3) is 0.756. The minimum Gasteiger partial charge on any atom is -0.460 e. The first-order valence-electron chi connectivity index (χ1n) is 18.9. The van der Waals surface area contributed by atoms with Gasteiger partial charge in [0.25, 0.3) is 0 Å². The first-order valence-corrected chi connectivity index (χ1v) is 18.9. The van der Waals surface area contributed by atoms with Gasteiger partial charge in [-0.15, -0.1) is 0 Å². The third-order valence-corrected chi connectivity index (χ3v) is 11.1. The lowest BCUT2D eigenvalue weighted by Crippen LogP contribution is -2.50. The number of likely N-dealkylation sites (N-methyl/N-ethyl adjacent to an activating group) is 1. The molecule has 0 aliphatic heterocycles. The van der Waals surface area contributed by atoms with E-state index in [4.69, 9.17) is 19.3 Å². The highest BCUT2D eigenvalue weighted by Gasteiger charge is 2.57. The number of carbonyl (C=O) groups excluding carboxylic acids is 1. The summed E-state index contributed by atoms with van der Waals surface area (Å²) in [6.45, 7) is 16.6. The monoisotopic (exact) mass is 670 g/mol. The van der Waals surface area contributed by atoms with Gasteiger partial charge in [0, 0.05) is 25.4 Å². The van der Waals surface area contributed by atoms with E-state index in [0.717, 1.165) is 55.8 Å². The molecule has 272 valence electrons. The predicted molar refractivity (Wildman–Crippen MR) is 196 cm³/mol. The Hall–Kier alpha value is -2.06. The average Bonchev–Trinajstić information content (AvgIpc) is 3.39. The normalized spacial score (nSPS) is 29.1. The van der Waals surface area contributed by atoms with E-state index in [9.17, 15) is 4.79 Å². The molecule has 0 bridgehead atoms. The first kappa shape index (κ1) is 40.4. The van der Waals surface area contributed by atoms with Gasteiger partial charge in [0.1, 0.15) is 19.3 Å². The summed E-state index contributed by atoms with van der Waals surface area (Å²) in [5, 5.41) is 8.81. The number of esters is 1. The molecular weight excluding hydrogens is 600 g/mol. The number of fused-ring (bicyclic) bond motifs is 5. The third-order valence-electron chi connectivity index (χ3n) is 11.1. The van der Waals surface area contributed by atoms with Crippen molar-refractivity contribution in [1.82, 2.24) is 4.98 Å². The van der Waals surface area contributed by atoms with E-state index in [2.05, 4.69) is 92.0 Å². The van der Waals surface area contributed by atoms with Gasteiger partial charge in [-0.2, -0.15) is 0 Å². The Morgan fingerprint density at radius 3 is 2.38 bits per heavy atom.